The van der Waals surface area contributed by atoms with Gasteiger partial charge in [-0.2, -0.15) is 0 Å². The molecule has 258 valence electrons. The molecule has 0 fully saturated rings. The van der Waals surface area contributed by atoms with Crippen LogP contribution in [0.25, 0.3) is 76.9 Å². The highest BCUT2D eigenvalue weighted by atomic mass is 15.0. The van der Waals surface area contributed by atoms with Crippen LogP contribution in [0, 0.1) is 0 Å². The van der Waals surface area contributed by atoms with E-state index in [1.54, 1.807) is 0 Å². The maximum Gasteiger partial charge on any atom is 0.0549 e. The van der Waals surface area contributed by atoms with E-state index < -0.39 is 0 Å². The lowest BCUT2D eigenvalue weighted by molar-refractivity contribution is 0.332. The van der Waals surface area contributed by atoms with Crippen LogP contribution in [0.3, 0.4) is 0 Å². The van der Waals surface area contributed by atoms with Gasteiger partial charge in [-0.15, -0.1) is 0 Å². The zero-order valence-corrected chi connectivity index (χ0v) is 31.5. The molecule has 0 atom stereocenters. The van der Waals surface area contributed by atoms with Crippen LogP contribution in [0.15, 0.2) is 133 Å². The second-order valence-electron chi connectivity index (χ2n) is 17.6. The van der Waals surface area contributed by atoms with Crippen LogP contribution in [0.4, 0.5) is 0 Å². The molecule has 0 saturated heterocycles. The van der Waals surface area contributed by atoms with E-state index in [0.29, 0.717) is 0 Å². The molecule has 2 aliphatic carbocycles. The van der Waals surface area contributed by atoms with E-state index >= 15 is 0 Å². The average Bonchev–Trinajstić information content (AvgIpc) is 3.75. The van der Waals surface area contributed by atoms with Crippen LogP contribution < -0.4 is 0 Å². The Morgan fingerprint density at radius 2 is 1.06 bits per heavy atom. The van der Waals surface area contributed by atoms with Crippen molar-refractivity contribution in [3.63, 3.8) is 0 Å². The summed E-state index contributed by atoms with van der Waals surface area (Å²) in [5.74, 6) is 0. The topological polar surface area (TPSA) is 9.86 Å². The number of fused-ring (bicyclic) bond motifs is 12. The number of nitrogens with zero attached hydrogens (tertiary/aromatic N) is 2. The van der Waals surface area contributed by atoms with Crippen molar-refractivity contribution in [2.24, 2.45) is 0 Å². The third-order valence-corrected chi connectivity index (χ3v) is 13.3. The first-order chi connectivity index (χ1) is 25.5. The van der Waals surface area contributed by atoms with Crippen molar-refractivity contribution in [1.82, 2.24) is 9.13 Å². The van der Waals surface area contributed by atoms with Crippen molar-refractivity contribution in [1.29, 1.82) is 0 Å². The van der Waals surface area contributed by atoms with Gasteiger partial charge in [0.2, 0.25) is 0 Å². The molecule has 0 spiro atoms. The lowest BCUT2D eigenvalue weighted by atomic mass is 9.63. The fraction of sp³-hybridized carbons (Fsp3) is 0.216. The maximum atomic E-state index is 2.60. The monoisotopic (exact) mass is 684 g/mol. The molecule has 0 bridgehead atoms. The minimum absolute atomic E-state index is 0.114. The van der Waals surface area contributed by atoms with Crippen LogP contribution in [0.1, 0.15) is 76.6 Å². The van der Waals surface area contributed by atoms with Crippen molar-refractivity contribution in [2.75, 3.05) is 0 Å². The van der Waals surface area contributed by atoms with Crippen LogP contribution in [-0.4, -0.2) is 9.13 Å². The second-order valence-corrected chi connectivity index (χ2v) is 17.6. The van der Waals surface area contributed by atoms with Gasteiger partial charge < -0.3 is 9.13 Å². The smallest absolute Gasteiger partial charge is 0.0549 e. The summed E-state index contributed by atoms with van der Waals surface area (Å²) in [5.41, 5.74) is 16.1. The van der Waals surface area contributed by atoms with Gasteiger partial charge in [-0.25, -0.2) is 0 Å². The fourth-order valence-electron chi connectivity index (χ4n) is 10.5. The van der Waals surface area contributed by atoms with E-state index in [1.165, 1.54) is 112 Å². The van der Waals surface area contributed by atoms with Crippen molar-refractivity contribution in [2.45, 2.75) is 70.6 Å². The molecule has 2 aromatic heterocycles. The number of benzene rings is 7. The van der Waals surface area contributed by atoms with E-state index in [2.05, 4.69) is 184 Å². The Balaban J connectivity index is 1.34. The highest BCUT2D eigenvalue weighted by Crippen LogP contribution is 2.53. The molecule has 0 N–H and O–H groups in total. The third-order valence-electron chi connectivity index (χ3n) is 13.3. The third kappa shape index (κ3) is 4.04. The highest BCUT2D eigenvalue weighted by molar-refractivity contribution is 6.25. The number of rotatable bonds is 2. The average molecular weight is 685 g/mol. The molecule has 9 aromatic rings. The van der Waals surface area contributed by atoms with Crippen molar-refractivity contribution >= 4 is 54.4 Å². The van der Waals surface area contributed by atoms with Crippen molar-refractivity contribution < 1.29 is 0 Å². The molecule has 0 amide bonds. The highest BCUT2D eigenvalue weighted by Gasteiger charge is 2.39. The Labute approximate surface area is 311 Å². The lowest BCUT2D eigenvalue weighted by Gasteiger charge is -2.42. The molecule has 2 nitrogen and oxygen atoms in total. The van der Waals surface area contributed by atoms with Crippen LogP contribution in [-0.2, 0) is 16.2 Å². The molecule has 0 unspecified atom stereocenters. The Morgan fingerprint density at radius 1 is 0.434 bits per heavy atom. The predicted molar refractivity (Wildman–Crippen MR) is 225 cm³/mol. The molecule has 2 heteroatoms. The number of para-hydroxylation sites is 1. The van der Waals surface area contributed by atoms with Gasteiger partial charge in [-0.05, 0) is 116 Å². The first-order valence-electron chi connectivity index (χ1n) is 19.3. The molecule has 0 saturated carbocycles. The minimum Gasteiger partial charge on any atom is -0.309 e. The lowest BCUT2D eigenvalue weighted by Crippen LogP contribution is -2.33. The van der Waals surface area contributed by atoms with Crippen LogP contribution in [0.5, 0.6) is 0 Å². The molecule has 0 radical (unpaired) electrons. The van der Waals surface area contributed by atoms with Gasteiger partial charge in [0.15, 0.2) is 0 Å². The molecule has 2 heterocycles. The Hall–Kier alpha value is -5.60. The van der Waals surface area contributed by atoms with Crippen molar-refractivity contribution in [3.8, 4) is 22.5 Å². The van der Waals surface area contributed by atoms with E-state index in [9.17, 15) is 0 Å². The zero-order valence-electron chi connectivity index (χ0n) is 31.5. The normalized spacial score (nSPS) is 16.8. The molecule has 53 heavy (non-hydrogen) atoms. The van der Waals surface area contributed by atoms with Gasteiger partial charge in [-0.1, -0.05) is 126 Å². The van der Waals surface area contributed by atoms with Gasteiger partial charge >= 0.3 is 0 Å². The number of aromatic nitrogens is 2. The molecule has 11 rings (SSSR count). The van der Waals surface area contributed by atoms with Crippen LogP contribution >= 0.6 is 0 Å². The van der Waals surface area contributed by atoms with Crippen LogP contribution in [0.2, 0.25) is 0 Å². The zero-order chi connectivity index (χ0) is 36.0. The first kappa shape index (κ1) is 31.0. The summed E-state index contributed by atoms with van der Waals surface area (Å²) in [4.78, 5) is 0. The van der Waals surface area contributed by atoms with E-state index in [1.807, 2.05) is 0 Å². The Morgan fingerprint density at radius 3 is 1.87 bits per heavy atom. The maximum absolute atomic E-state index is 2.60. The summed E-state index contributed by atoms with van der Waals surface area (Å²) in [6.45, 7) is 14.6. The summed E-state index contributed by atoms with van der Waals surface area (Å²) in [6.07, 6.45) is 2.39. The van der Waals surface area contributed by atoms with E-state index in [0.717, 1.165) is 0 Å². The Kier molecular flexibility index (Phi) is 6.01. The second kappa shape index (κ2) is 10.3. The molecule has 0 aliphatic heterocycles. The van der Waals surface area contributed by atoms with E-state index in [-0.39, 0.29) is 16.2 Å². The molecular formula is C51H44N2. The molecule has 2 aliphatic rings. The molecule has 7 aromatic carbocycles. The van der Waals surface area contributed by atoms with Gasteiger partial charge in [0.1, 0.15) is 0 Å². The quantitative estimate of drug-likeness (QED) is 0.172. The minimum atomic E-state index is -0.146. The van der Waals surface area contributed by atoms with Gasteiger partial charge in [0, 0.05) is 32.6 Å². The number of hydrogen-bond donors (Lipinski definition) is 0. The Bertz CT molecular complexity index is 3020. The largest absolute Gasteiger partial charge is 0.309 e. The van der Waals surface area contributed by atoms with Gasteiger partial charge in [-0.3, -0.25) is 0 Å². The summed E-state index contributed by atoms with van der Waals surface area (Å²) < 4.78 is 5.14. The summed E-state index contributed by atoms with van der Waals surface area (Å²) >= 11 is 0. The summed E-state index contributed by atoms with van der Waals surface area (Å²) in [5, 5.41) is 7.82. The summed E-state index contributed by atoms with van der Waals surface area (Å²) in [6, 6.07) is 50.7. The SMILES string of the molecule is CC1(C)CCC(C)(C)c2cc3c(cc21)c1cc2c(cc1n3-c1ccccc1)c1c3ccccc3ccc1n2-c1cccc2c1C(C)(C)c1ccccc1-2. The summed E-state index contributed by atoms with van der Waals surface area (Å²) in [7, 11) is 0. The fourth-order valence-corrected chi connectivity index (χ4v) is 10.5. The van der Waals surface area contributed by atoms with Crippen molar-refractivity contribution in [3.05, 3.63) is 156 Å². The van der Waals surface area contributed by atoms with Gasteiger partial charge in [0.25, 0.3) is 0 Å². The number of hydrogen-bond acceptors (Lipinski definition) is 0. The van der Waals surface area contributed by atoms with Gasteiger partial charge in [0.05, 0.1) is 27.8 Å². The van der Waals surface area contributed by atoms with E-state index in [4.69, 9.17) is 0 Å². The standard InChI is InChI=1S/C51H44N2/c1-49(2)25-26-50(3,4)41-30-46-36(27-40(41)49)37-28-45-38(29-44(37)52(46)32-16-8-7-9-17-32)47-33-18-11-10-15-31(33)23-24-42(47)53(45)43-22-14-20-35-34-19-12-13-21-39(34)51(5,6)48(35)43/h7-24,27-30H,25-26H2,1-6H3. The first-order valence-corrected chi connectivity index (χ1v) is 19.3. The predicted octanol–water partition coefficient (Wildman–Crippen LogP) is 13.7. The molecular weight excluding hydrogens is 641 g/mol.